The fraction of sp³-hybridized carbons (Fsp3) is 0.778. The highest BCUT2D eigenvalue weighted by Gasteiger charge is 2.09. The first kappa shape index (κ1) is 8.60. The molecule has 0 heterocycles. The minimum atomic E-state index is 0.117. The monoisotopic (exact) mass is 156 g/mol. The normalized spacial score (nSPS) is 24.5. The molecule has 1 aliphatic carbocycles. The van der Waals surface area contributed by atoms with Gasteiger partial charge in [-0.15, -0.1) is 0 Å². The Morgan fingerprint density at radius 3 is 3.18 bits per heavy atom. The summed E-state index contributed by atoms with van der Waals surface area (Å²) in [4.78, 5) is 0. The SMILES string of the molecule is CC1C=C(OCCO)CCC1. The lowest BCUT2D eigenvalue weighted by Crippen LogP contribution is -2.06. The highest BCUT2D eigenvalue weighted by molar-refractivity contribution is 4.99. The Morgan fingerprint density at radius 1 is 1.73 bits per heavy atom. The molecule has 0 amide bonds. The highest BCUT2D eigenvalue weighted by Crippen LogP contribution is 2.22. The van der Waals surface area contributed by atoms with Gasteiger partial charge in [-0.3, -0.25) is 0 Å². The van der Waals surface area contributed by atoms with Crippen molar-refractivity contribution in [2.24, 2.45) is 5.92 Å². The topological polar surface area (TPSA) is 29.5 Å². The number of rotatable bonds is 3. The summed E-state index contributed by atoms with van der Waals surface area (Å²) < 4.78 is 5.31. The van der Waals surface area contributed by atoms with Crippen LogP contribution in [-0.4, -0.2) is 18.3 Å². The molecule has 1 rings (SSSR count). The van der Waals surface area contributed by atoms with Crippen LogP contribution in [0.2, 0.25) is 0 Å². The first-order valence-electron chi connectivity index (χ1n) is 4.27. The molecule has 0 spiro atoms. The second-order valence-corrected chi connectivity index (χ2v) is 3.07. The van der Waals surface area contributed by atoms with Crippen LogP contribution in [0.25, 0.3) is 0 Å². The van der Waals surface area contributed by atoms with E-state index in [1.165, 1.54) is 12.8 Å². The molecule has 64 valence electrons. The minimum absolute atomic E-state index is 0.117. The summed E-state index contributed by atoms with van der Waals surface area (Å²) in [6.45, 7) is 2.76. The van der Waals surface area contributed by atoms with Crippen molar-refractivity contribution in [3.05, 3.63) is 11.8 Å². The van der Waals surface area contributed by atoms with Gasteiger partial charge in [0.1, 0.15) is 6.61 Å². The summed E-state index contributed by atoms with van der Waals surface area (Å²) >= 11 is 0. The van der Waals surface area contributed by atoms with Gasteiger partial charge in [0, 0.05) is 6.42 Å². The molecule has 0 aromatic rings. The van der Waals surface area contributed by atoms with Crippen LogP contribution < -0.4 is 0 Å². The summed E-state index contributed by atoms with van der Waals surface area (Å²) in [5, 5.41) is 8.51. The van der Waals surface area contributed by atoms with Gasteiger partial charge in [0.2, 0.25) is 0 Å². The number of hydrogen-bond donors (Lipinski definition) is 1. The zero-order valence-corrected chi connectivity index (χ0v) is 7.05. The molecule has 0 saturated heterocycles. The molecule has 1 aliphatic rings. The Balaban J connectivity index is 2.31. The van der Waals surface area contributed by atoms with Crippen LogP contribution in [-0.2, 0) is 4.74 Å². The lowest BCUT2D eigenvalue weighted by atomic mass is 9.97. The molecule has 0 fully saturated rings. The zero-order chi connectivity index (χ0) is 8.10. The van der Waals surface area contributed by atoms with Gasteiger partial charge in [0.25, 0.3) is 0 Å². The molecule has 0 aromatic heterocycles. The fourth-order valence-corrected chi connectivity index (χ4v) is 1.38. The maximum atomic E-state index is 8.51. The van der Waals surface area contributed by atoms with Crippen LogP contribution in [0.4, 0.5) is 0 Å². The van der Waals surface area contributed by atoms with E-state index in [1.54, 1.807) is 0 Å². The standard InChI is InChI=1S/C9H16O2/c1-8-3-2-4-9(7-8)11-6-5-10/h7-8,10H,2-6H2,1H3. The molecule has 0 bridgehead atoms. The van der Waals surface area contributed by atoms with E-state index in [0.29, 0.717) is 12.5 Å². The molecule has 0 saturated carbocycles. The van der Waals surface area contributed by atoms with Gasteiger partial charge in [0.05, 0.1) is 12.4 Å². The highest BCUT2D eigenvalue weighted by atomic mass is 16.5. The van der Waals surface area contributed by atoms with Crippen LogP contribution in [0.1, 0.15) is 26.2 Å². The van der Waals surface area contributed by atoms with Crippen molar-refractivity contribution < 1.29 is 9.84 Å². The van der Waals surface area contributed by atoms with Gasteiger partial charge < -0.3 is 9.84 Å². The Morgan fingerprint density at radius 2 is 2.55 bits per heavy atom. The quantitative estimate of drug-likeness (QED) is 0.674. The second-order valence-electron chi connectivity index (χ2n) is 3.07. The van der Waals surface area contributed by atoms with E-state index in [0.717, 1.165) is 12.2 Å². The van der Waals surface area contributed by atoms with E-state index in [4.69, 9.17) is 9.84 Å². The third kappa shape index (κ3) is 2.93. The zero-order valence-electron chi connectivity index (χ0n) is 7.05. The van der Waals surface area contributed by atoms with Crippen molar-refractivity contribution in [2.45, 2.75) is 26.2 Å². The first-order valence-corrected chi connectivity index (χ1v) is 4.27. The van der Waals surface area contributed by atoms with Gasteiger partial charge >= 0.3 is 0 Å². The third-order valence-corrected chi connectivity index (χ3v) is 1.93. The van der Waals surface area contributed by atoms with Gasteiger partial charge in [-0.1, -0.05) is 6.92 Å². The van der Waals surface area contributed by atoms with Crippen LogP contribution in [0.3, 0.4) is 0 Å². The lowest BCUT2D eigenvalue weighted by molar-refractivity contribution is 0.134. The van der Waals surface area contributed by atoms with Crippen molar-refractivity contribution in [3.63, 3.8) is 0 Å². The number of hydrogen-bond acceptors (Lipinski definition) is 2. The van der Waals surface area contributed by atoms with Gasteiger partial charge in [-0.05, 0) is 24.8 Å². The molecule has 1 atom stereocenters. The van der Waals surface area contributed by atoms with Crippen molar-refractivity contribution in [1.29, 1.82) is 0 Å². The fourth-order valence-electron chi connectivity index (χ4n) is 1.38. The molecule has 0 radical (unpaired) electrons. The molecule has 1 unspecified atom stereocenters. The van der Waals surface area contributed by atoms with Crippen LogP contribution in [0.15, 0.2) is 11.8 Å². The second kappa shape index (κ2) is 4.39. The first-order chi connectivity index (χ1) is 5.33. The van der Waals surface area contributed by atoms with Crippen molar-refractivity contribution >= 4 is 0 Å². The molecule has 11 heavy (non-hydrogen) atoms. The molecular formula is C9H16O2. The van der Waals surface area contributed by atoms with Crippen LogP contribution in [0.5, 0.6) is 0 Å². The van der Waals surface area contributed by atoms with E-state index < -0.39 is 0 Å². The summed E-state index contributed by atoms with van der Waals surface area (Å²) in [6, 6.07) is 0. The summed E-state index contributed by atoms with van der Waals surface area (Å²) in [7, 11) is 0. The van der Waals surface area contributed by atoms with Crippen molar-refractivity contribution in [3.8, 4) is 0 Å². The van der Waals surface area contributed by atoms with Gasteiger partial charge in [-0.2, -0.15) is 0 Å². The van der Waals surface area contributed by atoms with Crippen LogP contribution >= 0.6 is 0 Å². The molecule has 0 aliphatic heterocycles. The summed E-state index contributed by atoms with van der Waals surface area (Å²) in [5.74, 6) is 1.72. The average molecular weight is 156 g/mol. The molecule has 2 nitrogen and oxygen atoms in total. The predicted octanol–water partition coefficient (Wildman–Crippen LogP) is 1.70. The summed E-state index contributed by atoms with van der Waals surface area (Å²) in [6.07, 6.45) is 5.70. The molecular weight excluding hydrogens is 140 g/mol. The summed E-state index contributed by atoms with van der Waals surface area (Å²) in [5.41, 5.74) is 0. The van der Waals surface area contributed by atoms with E-state index in [1.807, 2.05) is 0 Å². The van der Waals surface area contributed by atoms with E-state index in [9.17, 15) is 0 Å². The van der Waals surface area contributed by atoms with Crippen molar-refractivity contribution in [2.75, 3.05) is 13.2 Å². The Bertz CT molecular complexity index is 140. The predicted molar refractivity (Wildman–Crippen MR) is 44.1 cm³/mol. The largest absolute Gasteiger partial charge is 0.496 e. The van der Waals surface area contributed by atoms with Crippen LogP contribution in [0, 0.1) is 5.92 Å². The maximum absolute atomic E-state index is 8.51. The average Bonchev–Trinajstić information content (AvgIpc) is 2.01. The minimum Gasteiger partial charge on any atom is -0.496 e. The smallest absolute Gasteiger partial charge is 0.111 e. The lowest BCUT2D eigenvalue weighted by Gasteiger charge is -2.17. The Hall–Kier alpha value is -0.500. The molecule has 1 N–H and O–H groups in total. The van der Waals surface area contributed by atoms with Gasteiger partial charge in [-0.25, -0.2) is 0 Å². The van der Waals surface area contributed by atoms with E-state index >= 15 is 0 Å². The number of ether oxygens (including phenoxy) is 1. The number of aliphatic hydroxyl groups is 1. The molecule has 0 aromatic carbocycles. The maximum Gasteiger partial charge on any atom is 0.111 e. The van der Waals surface area contributed by atoms with Crippen molar-refractivity contribution in [1.82, 2.24) is 0 Å². The number of allylic oxidation sites excluding steroid dienone is 2. The Labute approximate surface area is 67.9 Å². The number of aliphatic hydroxyl groups excluding tert-OH is 1. The Kier molecular flexibility index (Phi) is 3.43. The van der Waals surface area contributed by atoms with Gasteiger partial charge in [0.15, 0.2) is 0 Å². The third-order valence-electron chi connectivity index (χ3n) is 1.93. The van der Waals surface area contributed by atoms with E-state index in [2.05, 4.69) is 13.0 Å². The van der Waals surface area contributed by atoms with E-state index in [-0.39, 0.29) is 6.61 Å². The molecule has 2 heteroatoms.